The van der Waals surface area contributed by atoms with Gasteiger partial charge in [0, 0.05) is 12.9 Å². The van der Waals surface area contributed by atoms with E-state index < -0.39 is 0 Å². The summed E-state index contributed by atoms with van der Waals surface area (Å²) >= 11 is 5.52. The number of allylic oxidation sites excluding steroid dienone is 3. The summed E-state index contributed by atoms with van der Waals surface area (Å²) in [6, 6.07) is 0. The Morgan fingerprint density at radius 2 is 2.18 bits per heavy atom. The molecular formula is C9H16ClN. The topological polar surface area (TPSA) is 12.0 Å². The van der Waals surface area contributed by atoms with Crippen molar-refractivity contribution in [3.05, 3.63) is 23.9 Å². The van der Waals surface area contributed by atoms with Crippen molar-refractivity contribution in [3.8, 4) is 0 Å². The number of alkyl halides is 1. The van der Waals surface area contributed by atoms with E-state index in [0.29, 0.717) is 11.8 Å². The van der Waals surface area contributed by atoms with Gasteiger partial charge in [0.25, 0.3) is 0 Å². The second-order valence-corrected chi connectivity index (χ2v) is 2.95. The van der Waals surface area contributed by atoms with Crippen molar-refractivity contribution in [2.45, 2.75) is 13.8 Å². The highest BCUT2D eigenvalue weighted by Crippen LogP contribution is 2.09. The average Bonchev–Trinajstić information content (AvgIpc) is 1.97. The largest absolute Gasteiger partial charge is 0.394 e. The predicted molar refractivity (Wildman–Crippen MR) is 51.8 cm³/mol. The molecule has 0 aliphatic rings. The van der Waals surface area contributed by atoms with E-state index in [9.17, 15) is 0 Å². The summed E-state index contributed by atoms with van der Waals surface area (Å²) in [5, 5.41) is 3.00. The Labute approximate surface area is 74.1 Å². The Balaban J connectivity index is 4.11. The summed E-state index contributed by atoms with van der Waals surface area (Å²) in [5.74, 6) is 1.12. The van der Waals surface area contributed by atoms with Gasteiger partial charge in [0.05, 0.1) is 0 Å². The Morgan fingerprint density at radius 3 is 2.55 bits per heavy atom. The van der Waals surface area contributed by atoms with Gasteiger partial charge in [-0.2, -0.15) is 0 Å². The van der Waals surface area contributed by atoms with Crippen LogP contribution in [0.4, 0.5) is 0 Å². The first kappa shape index (κ1) is 10.6. The highest BCUT2D eigenvalue weighted by Gasteiger charge is 1.96. The fourth-order valence-electron chi connectivity index (χ4n) is 0.755. The Kier molecular flexibility index (Phi) is 6.05. The van der Waals surface area contributed by atoms with Crippen molar-refractivity contribution in [2.75, 3.05) is 12.9 Å². The molecule has 0 fully saturated rings. The molecular weight excluding hydrogens is 158 g/mol. The van der Waals surface area contributed by atoms with Gasteiger partial charge in [0.15, 0.2) is 0 Å². The lowest BCUT2D eigenvalue weighted by Gasteiger charge is -2.05. The van der Waals surface area contributed by atoms with Crippen molar-refractivity contribution in [3.63, 3.8) is 0 Å². The van der Waals surface area contributed by atoms with Crippen LogP contribution >= 0.6 is 11.6 Å². The van der Waals surface area contributed by atoms with Gasteiger partial charge in [0.2, 0.25) is 0 Å². The molecule has 11 heavy (non-hydrogen) atoms. The Morgan fingerprint density at radius 1 is 1.55 bits per heavy atom. The molecule has 1 nitrogen and oxygen atoms in total. The normalized spacial score (nSPS) is 13.0. The summed E-state index contributed by atoms with van der Waals surface area (Å²) in [6.07, 6.45) is 5.99. The van der Waals surface area contributed by atoms with E-state index in [2.05, 4.69) is 19.2 Å². The third-order valence-corrected chi connectivity index (χ3v) is 1.56. The average molecular weight is 174 g/mol. The van der Waals surface area contributed by atoms with E-state index in [1.165, 1.54) is 5.57 Å². The summed E-state index contributed by atoms with van der Waals surface area (Å²) in [6.45, 7) is 4.31. The number of halogens is 1. The molecule has 0 aliphatic heterocycles. The zero-order chi connectivity index (χ0) is 8.69. The Hall–Kier alpha value is -0.430. The van der Waals surface area contributed by atoms with Crippen LogP contribution in [0.25, 0.3) is 0 Å². The third kappa shape index (κ3) is 4.91. The molecule has 0 saturated heterocycles. The van der Waals surface area contributed by atoms with E-state index in [4.69, 9.17) is 11.6 Å². The third-order valence-electron chi connectivity index (χ3n) is 1.38. The zero-order valence-corrected chi connectivity index (χ0v) is 8.15. The molecule has 0 rings (SSSR count). The molecule has 0 heterocycles. The van der Waals surface area contributed by atoms with Gasteiger partial charge in [-0.15, -0.1) is 11.6 Å². The minimum Gasteiger partial charge on any atom is -0.394 e. The molecule has 0 amide bonds. The van der Waals surface area contributed by atoms with Crippen LogP contribution in [0.3, 0.4) is 0 Å². The molecule has 0 radical (unpaired) electrons. The lowest BCUT2D eigenvalue weighted by Crippen LogP contribution is -1.99. The van der Waals surface area contributed by atoms with Crippen LogP contribution in [0.1, 0.15) is 13.8 Å². The maximum Gasteiger partial charge on any atom is 0.0407 e. The van der Waals surface area contributed by atoms with E-state index in [1.54, 1.807) is 0 Å². The molecule has 0 atom stereocenters. The molecule has 0 aliphatic carbocycles. The highest BCUT2D eigenvalue weighted by molar-refractivity contribution is 6.18. The summed E-state index contributed by atoms with van der Waals surface area (Å²) in [7, 11) is 1.90. The van der Waals surface area contributed by atoms with Gasteiger partial charge in [-0.3, -0.25) is 0 Å². The van der Waals surface area contributed by atoms with Crippen molar-refractivity contribution in [2.24, 2.45) is 5.92 Å². The van der Waals surface area contributed by atoms with Crippen molar-refractivity contribution < 1.29 is 0 Å². The predicted octanol–water partition coefficient (Wildman–Crippen LogP) is 2.54. The Bertz CT molecular complexity index is 148. The quantitative estimate of drug-likeness (QED) is 0.509. The molecule has 0 aromatic rings. The molecule has 64 valence electrons. The lowest BCUT2D eigenvalue weighted by molar-refractivity contribution is 0.780. The smallest absolute Gasteiger partial charge is 0.0407 e. The molecule has 0 saturated carbocycles. The first-order valence-electron chi connectivity index (χ1n) is 3.82. The molecule has 2 heteroatoms. The van der Waals surface area contributed by atoms with E-state index in [0.717, 1.165) is 0 Å². The van der Waals surface area contributed by atoms with Crippen LogP contribution in [0.15, 0.2) is 23.9 Å². The van der Waals surface area contributed by atoms with Crippen molar-refractivity contribution >= 4 is 11.6 Å². The minimum atomic E-state index is 0.543. The molecule has 0 aromatic heterocycles. The van der Waals surface area contributed by atoms with Crippen LogP contribution in [0.5, 0.6) is 0 Å². The number of hydrogen-bond donors (Lipinski definition) is 1. The monoisotopic (exact) mass is 173 g/mol. The summed E-state index contributed by atoms with van der Waals surface area (Å²) in [5.41, 5.74) is 1.27. The highest BCUT2D eigenvalue weighted by atomic mass is 35.5. The van der Waals surface area contributed by atoms with Crippen LogP contribution in [0, 0.1) is 5.92 Å². The van der Waals surface area contributed by atoms with E-state index in [-0.39, 0.29) is 0 Å². The van der Waals surface area contributed by atoms with Crippen LogP contribution < -0.4 is 5.32 Å². The van der Waals surface area contributed by atoms with Gasteiger partial charge in [0.1, 0.15) is 0 Å². The molecule has 1 N–H and O–H groups in total. The van der Waals surface area contributed by atoms with E-state index >= 15 is 0 Å². The van der Waals surface area contributed by atoms with Gasteiger partial charge in [-0.1, -0.05) is 26.0 Å². The summed E-state index contributed by atoms with van der Waals surface area (Å²) in [4.78, 5) is 0. The molecule has 0 spiro atoms. The lowest BCUT2D eigenvalue weighted by atomic mass is 10.0. The number of hydrogen-bond acceptors (Lipinski definition) is 1. The second kappa shape index (κ2) is 6.29. The van der Waals surface area contributed by atoms with Crippen LogP contribution in [0.2, 0.25) is 0 Å². The van der Waals surface area contributed by atoms with Gasteiger partial charge in [-0.25, -0.2) is 0 Å². The molecule has 0 unspecified atom stereocenters. The van der Waals surface area contributed by atoms with Crippen LogP contribution in [-0.4, -0.2) is 12.9 Å². The SMILES string of the molecule is CN/C=C(\C=C/CCl)C(C)C. The second-order valence-electron chi connectivity index (χ2n) is 2.64. The van der Waals surface area contributed by atoms with E-state index in [1.807, 2.05) is 25.4 Å². The van der Waals surface area contributed by atoms with Crippen molar-refractivity contribution in [1.82, 2.24) is 5.32 Å². The van der Waals surface area contributed by atoms with Gasteiger partial charge >= 0.3 is 0 Å². The summed E-state index contributed by atoms with van der Waals surface area (Å²) < 4.78 is 0. The maximum atomic E-state index is 5.52. The fraction of sp³-hybridized carbons (Fsp3) is 0.556. The maximum absolute atomic E-state index is 5.52. The first-order chi connectivity index (χ1) is 5.22. The van der Waals surface area contributed by atoms with Crippen LogP contribution in [-0.2, 0) is 0 Å². The zero-order valence-electron chi connectivity index (χ0n) is 7.39. The first-order valence-corrected chi connectivity index (χ1v) is 4.35. The van der Waals surface area contributed by atoms with Crippen molar-refractivity contribution in [1.29, 1.82) is 0 Å². The van der Waals surface area contributed by atoms with Gasteiger partial charge in [-0.05, 0) is 17.7 Å². The number of nitrogens with one attached hydrogen (secondary N) is 1. The molecule has 0 bridgehead atoms. The fourth-order valence-corrected chi connectivity index (χ4v) is 0.844. The molecule has 0 aromatic carbocycles. The van der Waals surface area contributed by atoms with Gasteiger partial charge < -0.3 is 5.32 Å². The minimum absolute atomic E-state index is 0.543. The number of rotatable bonds is 4. The standard InChI is InChI=1S/C9H16ClN/c1-8(2)9(7-11-3)5-4-6-10/h4-5,7-8,11H,6H2,1-3H3/b5-4-,9-7+.